The Morgan fingerprint density at radius 2 is 1.81 bits per heavy atom. The van der Waals surface area contributed by atoms with Gasteiger partial charge in [-0.25, -0.2) is 4.79 Å². The lowest BCUT2D eigenvalue weighted by Crippen LogP contribution is -2.45. The van der Waals surface area contributed by atoms with Gasteiger partial charge in [0, 0.05) is 31.2 Å². The molecule has 1 aromatic carbocycles. The average Bonchev–Trinajstić information content (AvgIpc) is 2.90. The summed E-state index contributed by atoms with van der Waals surface area (Å²) in [5.41, 5.74) is 4.00. The summed E-state index contributed by atoms with van der Waals surface area (Å²) in [6, 6.07) is 14.5. The SMILES string of the molecule is Cc1ccc2c(n1)C(C)(C)CN2C(=O)N(C)C[C@@H](c1ccccc1)N(C)C. The molecule has 3 rings (SSSR count). The van der Waals surface area contributed by atoms with Crippen LogP contribution in [0.3, 0.4) is 0 Å². The van der Waals surface area contributed by atoms with E-state index in [4.69, 9.17) is 4.98 Å². The van der Waals surface area contributed by atoms with Gasteiger partial charge in [0.1, 0.15) is 0 Å². The summed E-state index contributed by atoms with van der Waals surface area (Å²) in [7, 11) is 5.99. The van der Waals surface area contributed by atoms with Gasteiger partial charge in [0.15, 0.2) is 0 Å². The first kappa shape index (κ1) is 19.4. The maximum absolute atomic E-state index is 13.3. The van der Waals surface area contributed by atoms with Gasteiger partial charge in [-0.15, -0.1) is 0 Å². The van der Waals surface area contributed by atoms with Gasteiger partial charge in [0.05, 0.1) is 17.4 Å². The molecular formula is C22H30N4O. The van der Waals surface area contributed by atoms with Gasteiger partial charge < -0.3 is 9.80 Å². The van der Waals surface area contributed by atoms with E-state index in [1.54, 1.807) is 0 Å². The largest absolute Gasteiger partial charge is 0.325 e. The van der Waals surface area contributed by atoms with Gasteiger partial charge in [-0.05, 0) is 38.7 Å². The molecule has 0 fully saturated rings. The summed E-state index contributed by atoms with van der Waals surface area (Å²) in [6.45, 7) is 7.58. The number of hydrogen-bond acceptors (Lipinski definition) is 3. The number of aromatic nitrogens is 1. The molecule has 2 amide bonds. The lowest BCUT2D eigenvalue weighted by Gasteiger charge is -2.32. The zero-order chi connectivity index (χ0) is 19.8. The van der Waals surface area contributed by atoms with Crippen molar-refractivity contribution in [2.45, 2.75) is 32.2 Å². The number of amides is 2. The molecule has 0 aliphatic carbocycles. The molecule has 0 N–H and O–H groups in total. The summed E-state index contributed by atoms with van der Waals surface area (Å²) < 4.78 is 0. The van der Waals surface area contributed by atoms with Crippen LogP contribution in [0, 0.1) is 6.92 Å². The lowest BCUT2D eigenvalue weighted by atomic mass is 9.91. The fourth-order valence-corrected chi connectivity index (χ4v) is 3.78. The van der Waals surface area contributed by atoms with Crippen LogP contribution in [-0.4, -0.2) is 55.0 Å². The predicted octanol–water partition coefficient (Wildman–Crippen LogP) is 3.84. The highest BCUT2D eigenvalue weighted by atomic mass is 16.2. The minimum atomic E-state index is -0.141. The van der Waals surface area contributed by atoms with Crippen LogP contribution in [0.25, 0.3) is 0 Å². The average molecular weight is 367 g/mol. The first-order valence-corrected chi connectivity index (χ1v) is 9.43. The van der Waals surface area contributed by atoms with Crippen LogP contribution in [0.15, 0.2) is 42.5 Å². The molecule has 0 saturated carbocycles. The zero-order valence-electron chi connectivity index (χ0n) is 17.2. The Kier molecular flexibility index (Phi) is 5.24. The summed E-state index contributed by atoms with van der Waals surface area (Å²) in [5.74, 6) is 0. The van der Waals surface area contributed by atoms with Crippen LogP contribution in [0.4, 0.5) is 10.5 Å². The number of aryl methyl sites for hydroxylation is 1. The van der Waals surface area contributed by atoms with E-state index < -0.39 is 0 Å². The second-order valence-electron chi connectivity index (χ2n) is 8.34. The van der Waals surface area contributed by atoms with Crippen molar-refractivity contribution in [3.8, 4) is 0 Å². The van der Waals surface area contributed by atoms with Gasteiger partial charge in [0.25, 0.3) is 0 Å². The molecule has 2 heterocycles. The number of urea groups is 1. The van der Waals surface area contributed by atoms with Gasteiger partial charge in [-0.1, -0.05) is 44.2 Å². The van der Waals surface area contributed by atoms with E-state index in [9.17, 15) is 4.79 Å². The van der Waals surface area contributed by atoms with Crippen LogP contribution in [0.1, 0.15) is 36.8 Å². The molecule has 0 bridgehead atoms. The van der Waals surface area contributed by atoms with Crippen LogP contribution >= 0.6 is 0 Å². The van der Waals surface area contributed by atoms with E-state index >= 15 is 0 Å². The van der Waals surface area contributed by atoms with Crippen LogP contribution in [0.5, 0.6) is 0 Å². The number of benzene rings is 1. The van der Waals surface area contributed by atoms with Crippen LogP contribution in [0.2, 0.25) is 0 Å². The third-order valence-electron chi connectivity index (χ3n) is 5.31. The predicted molar refractivity (Wildman–Crippen MR) is 110 cm³/mol. The number of hydrogen-bond donors (Lipinski definition) is 0. The fourth-order valence-electron chi connectivity index (χ4n) is 3.78. The number of carbonyl (C=O) groups is 1. The maximum Gasteiger partial charge on any atom is 0.324 e. The zero-order valence-corrected chi connectivity index (χ0v) is 17.2. The van der Waals surface area contributed by atoms with E-state index in [2.05, 4.69) is 45.0 Å². The number of likely N-dealkylation sites (N-methyl/N-ethyl adjacent to an activating group) is 2. The van der Waals surface area contributed by atoms with Crippen molar-refractivity contribution in [2.75, 3.05) is 39.1 Å². The van der Waals surface area contributed by atoms with Crippen molar-refractivity contribution in [1.29, 1.82) is 0 Å². The molecule has 1 aromatic heterocycles. The van der Waals surface area contributed by atoms with Crippen molar-refractivity contribution < 1.29 is 4.79 Å². The molecule has 0 saturated heterocycles. The van der Waals surface area contributed by atoms with Crippen molar-refractivity contribution in [2.24, 2.45) is 0 Å². The van der Waals surface area contributed by atoms with Crippen LogP contribution in [-0.2, 0) is 5.41 Å². The minimum Gasteiger partial charge on any atom is -0.325 e. The van der Waals surface area contributed by atoms with E-state index in [0.29, 0.717) is 13.1 Å². The summed E-state index contributed by atoms with van der Waals surface area (Å²) in [6.07, 6.45) is 0. The standard InChI is InChI=1S/C22H30N4O/c1-16-12-13-18-20(23-16)22(2,3)15-26(18)21(27)25(6)14-19(24(4)5)17-10-8-7-9-11-17/h7-13,19H,14-15H2,1-6H3/t19-/m0/s1. The highest BCUT2D eigenvalue weighted by Gasteiger charge is 2.40. The first-order valence-electron chi connectivity index (χ1n) is 9.43. The third kappa shape index (κ3) is 3.83. The summed E-state index contributed by atoms with van der Waals surface area (Å²) in [5, 5.41) is 0. The molecule has 1 aliphatic rings. The van der Waals surface area contributed by atoms with Gasteiger partial charge >= 0.3 is 6.03 Å². The molecule has 2 aromatic rings. The number of rotatable bonds is 4. The Labute approximate surface area is 162 Å². The topological polar surface area (TPSA) is 39.7 Å². The minimum absolute atomic E-state index is 0.0234. The van der Waals surface area contributed by atoms with E-state index in [-0.39, 0.29) is 17.5 Å². The Hall–Kier alpha value is -2.40. The molecule has 0 spiro atoms. The molecule has 5 heteroatoms. The molecule has 0 unspecified atom stereocenters. The smallest absolute Gasteiger partial charge is 0.324 e. The quantitative estimate of drug-likeness (QED) is 0.825. The summed E-state index contributed by atoms with van der Waals surface area (Å²) >= 11 is 0. The Morgan fingerprint density at radius 3 is 2.44 bits per heavy atom. The monoisotopic (exact) mass is 366 g/mol. The number of pyridine rings is 1. The number of fused-ring (bicyclic) bond motifs is 1. The van der Waals surface area contributed by atoms with Crippen molar-refractivity contribution in [3.63, 3.8) is 0 Å². The van der Waals surface area contributed by atoms with Crippen molar-refractivity contribution in [3.05, 3.63) is 59.4 Å². The van der Waals surface area contributed by atoms with Crippen molar-refractivity contribution in [1.82, 2.24) is 14.8 Å². The number of anilines is 1. The number of nitrogens with zero attached hydrogens (tertiary/aromatic N) is 4. The Balaban J connectivity index is 1.82. The second-order valence-corrected chi connectivity index (χ2v) is 8.34. The lowest BCUT2D eigenvalue weighted by molar-refractivity contribution is 0.190. The van der Waals surface area contributed by atoms with E-state index in [0.717, 1.165) is 17.1 Å². The van der Waals surface area contributed by atoms with E-state index in [1.807, 2.05) is 54.1 Å². The fraction of sp³-hybridized carbons (Fsp3) is 0.455. The third-order valence-corrected chi connectivity index (χ3v) is 5.31. The maximum atomic E-state index is 13.3. The normalized spacial score (nSPS) is 16.3. The molecule has 27 heavy (non-hydrogen) atoms. The molecular weight excluding hydrogens is 336 g/mol. The van der Waals surface area contributed by atoms with Gasteiger partial charge in [-0.3, -0.25) is 9.88 Å². The van der Waals surface area contributed by atoms with Gasteiger partial charge in [-0.2, -0.15) is 0 Å². The number of carbonyl (C=O) groups excluding carboxylic acids is 1. The Morgan fingerprint density at radius 1 is 1.15 bits per heavy atom. The molecule has 1 aliphatic heterocycles. The highest BCUT2D eigenvalue weighted by Crippen LogP contribution is 2.39. The van der Waals surface area contributed by atoms with E-state index in [1.165, 1.54) is 5.56 Å². The molecule has 1 atom stereocenters. The summed E-state index contributed by atoms with van der Waals surface area (Å²) in [4.78, 5) is 23.8. The van der Waals surface area contributed by atoms with Crippen LogP contribution < -0.4 is 4.90 Å². The Bertz CT molecular complexity index is 816. The first-order chi connectivity index (χ1) is 12.7. The van der Waals surface area contributed by atoms with Gasteiger partial charge in [0.2, 0.25) is 0 Å². The molecule has 144 valence electrons. The second kappa shape index (κ2) is 7.31. The highest BCUT2D eigenvalue weighted by molar-refractivity contribution is 5.94. The molecule has 0 radical (unpaired) electrons. The van der Waals surface area contributed by atoms with Crippen molar-refractivity contribution >= 4 is 11.7 Å². The molecule has 5 nitrogen and oxygen atoms in total.